The van der Waals surface area contributed by atoms with Crippen LogP contribution in [0.15, 0.2) is 23.6 Å². The fourth-order valence-corrected chi connectivity index (χ4v) is 2.89. The lowest BCUT2D eigenvalue weighted by Crippen LogP contribution is -2.22. The largest absolute Gasteiger partial charge is 0.495 e. The van der Waals surface area contributed by atoms with Crippen molar-refractivity contribution in [3.05, 3.63) is 34.8 Å². The van der Waals surface area contributed by atoms with Gasteiger partial charge in [0.15, 0.2) is 5.13 Å². The van der Waals surface area contributed by atoms with Crippen molar-refractivity contribution in [2.45, 2.75) is 0 Å². The first-order chi connectivity index (χ1) is 12.5. The summed E-state index contributed by atoms with van der Waals surface area (Å²) in [5, 5.41) is 5.15. The third kappa shape index (κ3) is 4.70. The van der Waals surface area contributed by atoms with Crippen LogP contribution in [0.3, 0.4) is 0 Å². The summed E-state index contributed by atoms with van der Waals surface area (Å²) in [4.78, 5) is 30.3. The first-order valence-corrected chi connectivity index (χ1v) is 8.61. The van der Waals surface area contributed by atoms with Crippen molar-refractivity contribution >= 4 is 34.0 Å². The maximum absolute atomic E-state index is 12.4. The number of carbonyl (C=O) groups is 2. The molecule has 0 aliphatic carbocycles. The molecule has 0 unspecified atom stereocenters. The van der Waals surface area contributed by atoms with Gasteiger partial charge in [0.05, 0.1) is 32.1 Å². The first-order valence-electron chi connectivity index (χ1n) is 7.73. The van der Waals surface area contributed by atoms with E-state index in [1.807, 2.05) is 11.9 Å². The molecule has 0 aliphatic heterocycles. The number of hydrogen-bond acceptors (Lipinski definition) is 8. The molecule has 0 spiro atoms. The fraction of sp³-hybridized carbons (Fsp3) is 0.353. The lowest BCUT2D eigenvalue weighted by Gasteiger charge is -2.14. The molecule has 0 fully saturated rings. The lowest BCUT2D eigenvalue weighted by atomic mass is 10.2. The minimum atomic E-state index is -0.482. The zero-order valence-electron chi connectivity index (χ0n) is 15.1. The highest BCUT2D eigenvalue weighted by atomic mass is 32.1. The number of hydrogen-bond donors (Lipinski definition) is 1. The molecule has 26 heavy (non-hydrogen) atoms. The van der Waals surface area contributed by atoms with Crippen LogP contribution >= 0.6 is 11.3 Å². The fourth-order valence-electron chi connectivity index (χ4n) is 2.09. The van der Waals surface area contributed by atoms with Gasteiger partial charge < -0.3 is 24.4 Å². The molecule has 1 amide bonds. The summed E-state index contributed by atoms with van der Waals surface area (Å²) in [5.41, 5.74) is 1.07. The Kier molecular flexibility index (Phi) is 6.93. The number of likely N-dealkylation sites (N-methyl/N-ethyl adjacent to an activating group) is 1. The molecular weight excluding hydrogens is 358 g/mol. The van der Waals surface area contributed by atoms with Crippen molar-refractivity contribution in [3.63, 3.8) is 0 Å². The highest BCUT2D eigenvalue weighted by Crippen LogP contribution is 2.27. The SMILES string of the molecule is COCCN(C)c1nc(C(=O)Nc2ccc(C(=O)OC)cc2OC)cs1. The van der Waals surface area contributed by atoms with Crippen LogP contribution in [-0.4, -0.2) is 58.4 Å². The first kappa shape index (κ1) is 19.7. The Labute approximate surface area is 155 Å². The number of rotatable bonds is 8. The Morgan fingerprint density at radius 2 is 2.04 bits per heavy atom. The Balaban J connectivity index is 2.12. The van der Waals surface area contributed by atoms with Gasteiger partial charge in [-0.05, 0) is 18.2 Å². The Morgan fingerprint density at radius 3 is 2.69 bits per heavy atom. The van der Waals surface area contributed by atoms with E-state index in [4.69, 9.17) is 9.47 Å². The minimum Gasteiger partial charge on any atom is -0.495 e. The third-order valence-electron chi connectivity index (χ3n) is 3.55. The second-order valence-corrected chi connectivity index (χ2v) is 6.13. The number of aromatic nitrogens is 1. The van der Waals surface area contributed by atoms with Gasteiger partial charge in [-0.25, -0.2) is 9.78 Å². The van der Waals surface area contributed by atoms with Gasteiger partial charge in [0.2, 0.25) is 0 Å². The van der Waals surface area contributed by atoms with Crippen molar-refractivity contribution in [1.82, 2.24) is 4.98 Å². The normalized spacial score (nSPS) is 10.3. The van der Waals surface area contributed by atoms with Gasteiger partial charge in [0.25, 0.3) is 5.91 Å². The number of nitrogens with one attached hydrogen (secondary N) is 1. The predicted octanol–water partition coefficient (Wildman–Crippen LogP) is 2.27. The topological polar surface area (TPSA) is 90.0 Å². The third-order valence-corrected chi connectivity index (χ3v) is 4.51. The highest BCUT2D eigenvalue weighted by molar-refractivity contribution is 7.13. The molecule has 1 aromatic carbocycles. The average Bonchev–Trinajstić information content (AvgIpc) is 3.16. The number of ether oxygens (including phenoxy) is 3. The molecule has 9 heteroatoms. The molecule has 1 aromatic heterocycles. The number of thiazole rings is 1. The number of amides is 1. The number of methoxy groups -OCH3 is 3. The van der Waals surface area contributed by atoms with Gasteiger partial charge in [0, 0.05) is 26.1 Å². The van der Waals surface area contributed by atoms with E-state index in [9.17, 15) is 9.59 Å². The van der Waals surface area contributed by atoms with Crippen LogP contribution in [0, 0.1) is 0 Å². The van der Waals surface area contributed by atoms with E-state index in [0.29, 0.717) is 35.8 Å². The van der Waals surface area contributed by atoms with E-state index in [0.717, 1.165) is 5.13 Å². The molecular formula is C17H21N3O5S. The van der Waals surface area contributed by atoms with Crippen molar-refractivity contribution in [2.75, 3.05) is 51.7 Å². The molecule has 0 saturated carbocycles. The quantitative estimate of drug-likeness (QED) is 0.704. The smallest absolute Gasteiger partial charge is 0.337 e. The van der Waals surface area contributed by atoms with Gasteiger partial charge in [-0.2, -0.15) is 0 Å². The molecule has 140 valence electrons. The molecule has 8 nitrogen and oxygen atoms in total. The number of carbonyl (C=O) groups excluding carboxylic acids is 2. The monoisotopic (exact) mass is 379 g/mol. The maximum Gasteiger partial charge on any atom is 0.337 e. The lowest BCUT2D eigenvalue weighted by molar-refractivity contribution is 0.0600. The number of nitrogens with zero attached hydrogens (tertiary/aromatic N) is 2. The summed E-state index contributed by atoms with van der Waals surface area (Å²) in [7, 11) is 6.27. The van der Waals surface area contributed by atoms with Crippen LogP contribution in [0.2, 0.25) is 0 Å². The summed E-state index contributed by atoms with van der Waals surface area (Å²) in [6.07, 6.45) is 0. The Bertz CT molecular complexity index is 778. The minimum absolute atomic E-state index is 0.299. The van der Waals surface area contributed by atoms with Crippen molar-refractivity contribution < 1.29 is 23.8 Å². The van der Waals surface area contributed by atoms with Gasteiger partial charge in [-0.3, -0.25) is 4.79 Å². The van der Waals surface area contributed by atoms with Crippen molar-refractivity contribution in [2.24, 2.45) is 0 Å². The molecule has 1 N–H and O–H groups in total. The second-order valence-electron chi connectivity index (χ2n) is 5.29. The molecule has 2 rings (SSSR count). The van der Waals surface area contributed by atoms with Gasteiger partial charge >= 0.3 is 5.97 Å². The summed E-state index contributed by atoms with van der Waals surface area (Å²) >= 11 is 1.37. The second kappa shape index (κ2) is 9.16. The molecule has 2 aromatic rings. The Hall–Kier alpha value is -2.65. The van der Waals surface area contributed by atoms with Crippen molar-refractivity contribution in [3.8, 4) is 5.75 Å². The van der Waals surface area contributed by atoms with Gasteiger partial charge in [-0.15, -0.1) is 11.3 Å². The van der Waals surface area contributed by atoms with Crippen LogP contribution in [-0.2, 0) is 9.47 Å². The van der Waals surface area contributed by atoms with E-state index in [1.54, 1.807) is 24.6 Å². The molecule has 1 heterocycles. The van der Waals surface area contributed by atoms with Crippen LogP contribution in [0.4, 0.5) is 10.8 Å². The average molecular weight is 379 g/mol. The number of benzene rings is 1. The number of anilines is 2. The summed E-state index contributed by atoms with van der Waals surface area (Å²) in [6.45, 7) is 1.25. The maximum atomic E-state index is 12.4. The highest BCUT2D eigenvalue weighted by Gasteiger charge is 2.16. The van der Waals surface area contributed by atoms with Crippen LogP contribution in [0.5, 0.6) is 5.75 Å². The number of esters is 1. The summed E-state index contributed by atoms with van der Waals surface area (Å²) < 4.78 is 15.0. The zero-order chi connectivity index (χ0) is 19.1. The molecule has 0 aliphatic rings. The van der Waals surface area contributed by atoms with E-state index >= 15 is 0 Å². The molecule has 0 saturated heterocycles. The predicted molar refractivity (Wildman–Crippen MR) is 99.5 cm³/mol. The van der Waals surface area contributed by atoms with Gasteiger partial charge in [-0.1, -0.05) is 0 Å². The van der Waals surface area contributed by atoms with E-state index in [-0.39, 0.29) is 5.91 Å². The molecule has 0 bridgehead atoms. The molecule has 0 radical (unpaired) electrons. The standard InChI is InChI=1S/C17H21N3O5S/c1-20(7-8-23-2)17-19-13(10-26-17)15(21)18-12-6-5-11(16(22)25-4)9-14(12)24-3/h5-6,9-10H,7-8H2,1-4H3,(H,18,21). The van der Waals surface area contributed by atoms with E-state index in [1.165, 1.54) is 31.6 Å². The van der Waals surface area contributed by atoms with Gasteiger partial charge in [0.1, 0.15) is 11.4 Å². The van der Waals surface area contributed by atoms with Crippen LogP contribution in [0.25, 0.3) is 0 Å². The Morgan fingerprint density at radius 1 is 1.27 bits per heavy atom. The van der Waals surface area contributed by atoms with Crippen molar-refractivity contribution in [1.29, 1.82) is 0 Å². The van der Waals surface area contributed by atoms with Crippen LogP contribution in [0.1, 0.15) is 20.8 Å². The summed E-state index contributed by atoms with van der Waals surface area (Å²) in [5.74, 6) is -0.491. The molecule has 0 atom stereocenters. The zero-order valence-corrected chi connectivity index (χ0v) is 15.9. The van der Waals surface area contributed by atoms with E-state index in [2.05, 4.69) is 15.0 Å². The summed E-state index contributed by atoms with van der Waals surface area (Å²) in [6, 6.07) is 4.64. The van der Waals surface area contributed by atoms with Crippen LogP contribution < -0.4 is 15.0 Å². The van der Waals surface area contributed by atoms with E-state index < -0.39 is 5.97 Å².